The molecule has 0 aromatic rings. The van der Waals surface area contributed by atoms with Gasteiger partial charge in [0.05, 0.1) is 0 Å². The lowest BCUT2D eigenvalue weighted by atomic mass is 9.84. The Hall–Kier alpha value is 0. The van der Waals surface area contributed by atoms with E-state index in [9.17, 15) is 0 Å². The molecule has 0 saturated heterocycles. The normalized spacial score (nSPS) is 8.31. The molecule has 0 heterocycles. The quantitative estimate of drug-likeness (QED) is 0.500. The number of rotatable bonds is 4. The maximum absolute atomic E-state index is 2.36. The Morgan fingerprint density at radius 1 is 0.692 bits per heavy atom. The van der Waals surface area contributed by atoms with Gasteiger partial charge in [0.25, 0.3) is 0 Å². The van der Waals surface area contributed by atoms with E-state index < -0.39 is 0 Å². The minimum Gasteiger partial charge on any atom is -0.0776 e. The summed E-state index contributed by atoms with van der Waals surface area (Å²) in [5.41, 5.74) is 0.601. The van der Waals surface area contributed by atoms with Crippen LogP contribution in [0.4, 0.5) is 0 Å². The van der Waals surface area contributed by atoms with Crippen molar-refractivity contribution in [1.82, 2.24) is 0 Å². The molecule has 0 radical (unpaired) electrons. The molecule has 0 spiro atoms. The summed E-state index contributed by atoms with van der Waals surface area (Å²) in [4.78, 5) is 0. The van der Waals surface area contributed by atoms with Crippen LogP contribution in [0.2, 0.25) is 0 Å². The zero-order chi connectivity index (χ0) is 7.33. The topological polar surface area (TPSA) is 0 Å². The standard InChI is InChI=1S/C9H20.4CH4/c1-5-7-9(3,4)8-6-2;;;;/h5-8H2,1-4H3;4*1H4. The molecule has 0 aliphatic heterocycles. The van der Waals surface area contributed by atoms with E-state index in [0.29, 0.717) is 5.41 Å². The van der Waals surface area contributed by atoms with Crippen molar-refractivity contribution in [3.8, 4) is 0 Å². The molecule has 0 aromatic carbocycles. The molecule has 0 atom stereocenters. The SMILES string of the molecule is C.C.C.C.CCCC(C)(C)CCC. The third kappa shape index (κ3) is 18.8. The molecule has 0 aliphatic carbocycles. The summed E-state index contributed by atoms with van der Waals surface area (Å²) >= 11 is 0. The molecule has 0 amide bonds. The minimum absolute atomic E-state index is 0. The van der Waals surface area contributed by atoms with E-state index in [1.165, 1.54) is 25.7 Å². The van der Waals surface area contributed by atoms with Crippen LogP contribution in [0.3, 0.4) is 0 Å². The first-order chi connectivity index (χ1) is 4.12. The molecule has 88 valence electrons. The zero-order valence-electron chi connectivity index (χ0n) is 7.33. The Balaban J connectivity index is -0.0000000533. The Morgan fingerprint density at radius 3 is 1.08 bits per heavy atom. The molecular weight excluding hydrogens is 156 g/mol. The first-order valence-electron chi connectivity index (χ1n) is 4.12. The average Bonchev–Trinajstić information content (AvgIpc) is 1.64. The predicted octanol–water partition coefficient (Wildman–Crippen LogP) is 6.16. The van der Waals surface area contributed by atoms with Crippen LogP contribution in [-0.4, -0.2) is 0 Å². The summed E-state index contributed by atoms with van der Waals surface area (Å²) in [7, 11) is 0. The van der Waals surface area contributed by atoms with Crippen molar-refractivity contribution in [2.75, 3.05) is 0 Å². The fraction of sp³-hybridized carbons (Fsp3) is 1.00. The monoisotopic (exact) mass is 192 g/mol. The summed E-state index contributed by atoms with van der Waals surface area (Å²) in [5.74, 6) is 0. The maximum atomic E-state index is 2.36. The van der Waals surface area contributed by atoms with Crippen molar-refractivity contribution in [2.45, 2.75) is 83.1 Å². The summed E-state index contributed by atoms with van der Waals surface area (Å²) in [6, 6.07) is 0. The summed E-state index contributed by atoms with van der Waals surface area (Å²) in [6.07, 6.45) is 5.40. The van der Waals surface area contributed by atoms with Crippen molar-refractivity contribution < 1.29 is 0 Å². The summed E-state index contributed by atoms with van der Waals surface area (Å²) in [5, 5.41) is 0. The Labute approximate surface area is 89.1 Å². The van der Waals surface area contributed by atoms with Crippen LogP contribution in [0.5, 0.6) is 0 Å². The Kier molecular flexibility index (Phi) is 32.7. The predicted molar refractivity (Wildman–Crippen MR) is 70.5 cm³/mol. The van der Waals surface area contributed by atoms with Gasteiger partial charge >= 0.3 is 0 Å². The maximum Gasteiger partial charge on any atom is -0.0354 e. The van der Waals surface area contributed by atoms with Crippen LogP contribution >= 0.6 is 0 Å². The first kappa shape index (κ1) is 29.2. The molecular formula is C13H36. The third-order valence-corrected chi connectivity index (χ3v) is 1.85. The lowest BCUT2D eigenvalue weighted by Crippen LogP contribution is -2.09. The van der Waals surface area contributed by atoms with Crippen molar-refractivity contribution in [3.05, 3.63) is 0 Å². The van der Waals surface area contributed by atoms with Crippen molar-refractivity contribution in [3.63, 3.8) is 0 Å². The van der Waals surface area contributed by atoms with Crippen LogP contribution in [-0.2, 0) is 0 Å². The first-order valence-corrected chi connectivity index (χ1v) is 4.12. The molecule has 0 nitrogen and oxygen atoms in total. The second kappa shape index (κ2) is 14.5. The molecule has 0 N–H and O–H groups in total. The van der Waals surface area contributed by atoms with Crippen LogP contribution in [0.1, 0.15) is 83.1 Å². The van der Waals surface area contributed by atoms with Gasteiger partial charge < -0.3 is 0 Å². The zero-order valence-corrected chi connectivity index (χ0v) is 7.33. The van der Waals surface area contributed by atoms with Crippen molar-refractivity contribution in [1.29, 1.82) is 0 Å². The van der Waals surface area contributed by atoms with E-state index in [1.807, 2.05) is 0 Å². The van der Waals surface area contributed by atoms with Crippen molar-refractivity contribution >= 4 is 0 Å². The second-order valence-electron chi connectivity index (χ2n) is 3.66. The van der Waals surface area contributed by atoms with E-state index in [2.05, 4.69) is 27.7 Å². The molecule has 0 fully saturated rings. The van der Waals surface area contributed by atoms with E-state index >= 15 is 0 Å². The lowest BCUT2D eigenvalue weighted by Gasteiger charge is -2.22. The number of hydrogen-bond donors (Lipinski definition) is 0. The lowest BCUT2D eigenvalue weighted by molar-refractivity contribution is 0.301. The van der Waals surface area contributed by atoms with Gasteiger partial charge in [-0.1, -0.05) is 70.2 Å². The average molecular weight is 192 g/mol. The van der Waals surface area contributed by atoms with Crippen molar-refractivity contribution in [2.24, 2.45) is 5.41 Å². The highest BCUT2D eigenvalue weighted by molar-refractivity contribution is 4.66. The fourth-order valence-electron chi connectivity index (χ4n) is 1.48. The third-order valence-electron chi connectivity index (χ3n) is 1.85. The molecule has 0 saturated carbocycles. The second-order valence-corrected chi connectivity index (χ2v) is 3.66. The minimum atomic E-state index is 0. The van der Waals surface area contributed by atoms with Gasteiger partial charge in [-0.05, 0) is 18.3 Å². The smallest absolute Gasteiger partial charge is 0.0354 e. The van der Waals surface area contributed by atoms with Gasteiger partial charge in [-0.15, -0.1) is 0 Å². The molecule has 13 heavy (non-hydrogen) atoms. The van der Waals surface area contributed by atoms with Gasteiger partial charge in [0.1, 0.15) is 0 Å². The highest BCUT2D eigenvalue weighted by Gasteiger charge is 2.13. The Bertz CT molecular complexity index is 54.4. The van der Waals surface area contributed by atoms with Crippen LogP contribution < -0.4 is 0 Å². The van der Waals surface area contributed by atoms with Crippen LogP contribution in [0, 0.1) is 5.41 Å². The molecule has 0 rings (SSSR count). The largest absolute Gasteiger partial charge is 0.0776 e. The van der Waals surface area contributed by atoms with Gasteiger partial charge in [-0.25, -0.2) is 0 Å². The molecule has 0 bridgehead atoms. The molecule has 0 aliphatic rings. The van der Waals surface area contributed by atoms with Gasteiger partial charge in [-0.3, -0.25) is 0 Å². The van der Waals surface area contributed by atoms with E-state index in [1.54, 1.807) is 0 Å². The van der Waals surface area contributed by atoms with Gasteiger partial charge in [0, 0.05) is 0 Å². The van der Waals surface area contributed by atoms with E-state index in [4.69, 9.17) is 0 Å². The fourth-order valence-corrected chi connectivity index (χ4v) is 1.48. The van der Waals surface area contributed by atoms with Crippen LogP contribution in [0.25, 0.3) is 0 Å². The van der Waals surface area contributed by atoms with E-state index in [-0.39, 0.29) is 29.7 Å². The highest BCUT2D eigenvalue weighted by atomic mass is 14.2. The Morgan fingerprint density at radius 2 is 0.923 bits per heavy atom. The highest BCUT2D eigenvalue weighted by Crippen LogP contribution is 2.27. The van der Waals surface area contributed by atoms with E-state index in [0.717, 1.165) is 0 Å². The number of hydrogen-bond acceptors (Lipinski definition) is 0. The molecule has 0 unspecified atom stereocenters. The molecule has 0 heteroatoms. The van der Waals surface area contributed by atoms with Gasteiger partial charge in [-0.2, -0.15) is 0 Å². The van der Waals surface area contributed by atoms with Crippen LogP contribution in [0.15, 0.2) is 0 Å². The summed E-state index contributed by atoms with van der Waals surface area (Å²) < 4.78 is 0. The van der Waals surface area contributed by atoms with Gasteiger partial charge in [0.2, 0.25) is 0 Å². The van der Waals surface area contributed by atoms with Gasteiger partial charge in [0.15, 0.2) is 0 Å². The summed E-state index contributed by atoms with van der Waals surface area (Å²) in [6.45, 7) is 9.24. The molecule has 0 aromatic heterocycles.